The molecule has 0 aliphatic carbocycles. The van der Waals surface area contributed by atoms with Crippen molar-refractivity contribution in [3.63, 3.8) is 0 Å². The molecule has 1 aliphatic heterocycles. The van der Waals surface area contributed by atoms with Crippen molar-refractivity contribution in [1.82, 2.24) is 5.32 Å². The van der Waals surface area contributed by atoms with Gasteiger partial charge in [0, 0.05) is 6.08 Å². The molecule has 1 N–H and O–H groups in total. The van der Waals surface area contributed by atoms with Crippen LogP contribution in [-0.4, -0.2) is 19.1 Å². The van der Waals surface area contributed by atoms with Crippen LogP contribution in [0.4, 0.5) is 0 Å². The molecule has 118 valence electrons. The van der Waals surface area contributed by atoms with Crippen molar-refractivity contribution in [3.05, 3.63) is 65.7 Å². The average Bonchev–Trinajstić information content (AvgIpc) is 2.60. The van der Waals surface area contributed by atoms with E-state index >= 15 is 0 Å². The minimum atomic E-state index is -0.128. The Hall–Kier alpha value is -2.75. The molecule has 4 heteroatoms. The molecule has 1 unspecified atom stereocenters. The number of fused-ring (bicyclic) bond motifs is 1. The van der Waals surface area contributed by atoms with Crippen molar-refractivity contribution in [2.24, 2.45) is 0 Å². The van der Waals surface area contributed by atoms with Crippen LogP contribution in [0.25, 0.3) is 6.08 Å². The Kier molecular flexibility index (Phi) is 4.62. The highest BCUT2D eigenvalue weighted by molar-refractivity contribution is 5.92. The lowest BCUT2D eigenvalue weighted by Crippen LogP contribution is -2.24. The molecular formula is C19H19NO3. The topological polar surface area (TPSA) is 47.6 Å². The molecule has 0 saturated heterocycles. The van der Waals surface area contributed by atoms with Gasteiger partial charge < -0.3 is 14.8 Å². The molecule has 0 radical (unpaired) electrons. The van der Waals surface area contributed by atoms with E-state index in [1.165, 1.54) is 6.08 Å². The van der Waals surface area contributed by atoms with E-state index in [9.17, 15) is 4.79 Å². The highest BCUT2D eigenvalue weighted by Crippen LogP contribution is 2.31. The third kappa shape index (κ3) is 3.92. The fraction of sp³-hybridized carbons (Fsp3) is 0.211. The van der Waals surface area contributed by atoms with Gasteiger partial charge in [-0.2, -0.15) is 0 Å². The lowest BCUT2D eigenvalue weighted by Gasteiger charge is -2.18. The first kappa shape index (κ1) is 15.2. The quantitative estimate of drug-likeness (QED) is 0.881. The van der Waals surface area contributed by atoms with Crippen LogP contribution in [0, 0.1) is 0 Å². The van der Waals surface area contributed by atoms with Gasteiger partial charge in [0.2, 0.25) is 5.91 Å². The van der Waals surface area contributed by atoms with Gasteiger partial charge in [-0.1, -0.05) is 36.4 Å². The van der Waals surface area contributed by atoms with E-state index < -0.39 is 0 Å². The summed E-state index contributed by atoms with van der Waals surface area (Å²) in [6.07, 6.45) is 3.30. The third-order valence-corrected chi connectivity index (χ3v) is 3.65. The average molecular weight is 309 g/mol. The molecule has 23 heavy (non-hydrogen) atoms. The minimum absolute atomic E-state index is 0.0337. The number of carbonyl (C=O) groups is 1. The first-order chi connectivity index (χ1) is 11.2. The van der Waals surface area contributed by atoms with Crippen molar-refractivity contribution in [3.8, 4) is 11.5 Å². The van der Waals surface area contributed by atoms with Crippen molar-refractivity contribution >= 4 is 12.0 Å². The largest absolute Gasteiger partial charge is 0.486 e. The van der Waals surface area contributed by atoms with Crippen LogP contribution in [0.2, 0.25) is 0 Å². The molecule has 0 bridgehead atoms. The Balaban J connectivity index is 1.62. The van der Waals surface area contributed by atoms with Crippen LogP contribution in [0.5, 0.6) is 11.5 Å². The second-order valence-corrected chi connectivity index (χ2v) is 5.38. The molecule has 1 aliphatic rings. The molecular weight excluding hydrogens is 290 g/mol. The number of benzene rings is 2. The summed E-state index contributed by atoms with van der Waals surface area (Å²) >= 11 is 0. The van der Waals surface area contributed by atoms with Gasteiger partial charge in [-0.15, -0.1) is 0 Å². The first-order valence-electron chi connectivity index (χ1n) is 7.65. The van der Waals surface area contributed by atoms with Crippen molar-refractivity contribution in [2.75, 3.05) is 13.2 Å². The van der Waals surface area contributed by atoms with Gasteiger partial charge in [0.25, 0.3) is 0 Å². The Morgan fingerprint density at radius 2 is 1.83 bits per heavy atom. The number of hydrogen-bond donors (Lipinski definition) is 1. The predicted molar refractivity (Wildman–Crippen MR) is 89.5 cm³/mol. The highest BCUT2D eigenvalue weighted by Gasteiger charge is 2.11. The lowest BCUT2D eigenvalue weighted by atomic mass is 10.1. The SMILES string of the molecule is CC(NC(=O)/C=C/c1ccc2c(c1)OCCO2)c1ccccc1. The van der Waals surface area contributed by atoms with Gasteiger partial charge in [0.05, 0.1) is 6.04 Å². The van der Waals surface area contributed by atoms with Crippen molar-refractivity contribution in [1.29, 1.82) is 0 Å². The normalized spacial score (nSPS) is 14.5. The van der Waals surface area contributed by atoms with E-state index in [4.69, 9.17) is 9.47 Å². The Morgan fingerprint density at radius 3 is 2.61 bits per heavy atom. The molecule has 0 aromatic heterocycles. The van der Waals surface area contributed by atoms with Crippen LogP contribution in [-0.2, 0) is 4.79 Å². The second kappa shape index (κ2) is 7.01. The zero-order chi connectivity index (χ0) is 16.1. The highest BCUT2D eigenvalue weighted by atomic mass is 16.6. The van der Waals surface area contributed by atoms with E-state index in [0.717, 1.165) is 22.6 Å². The predicted octanol–water partition coefficient (Wildman–Crippen LogP) is 3.35. The molecule has 0 saturated carbocycles. The maximum Gasteiger partial charge on any atom is 0.244 e. The smallest absolute Gasteiger partial charge is 0.244 e. The number of hydrogen-bond acceptors (Lipinski definition) is 3. The van der Waals surface area contributed by atoms with E-state index in [1.54, 1.807) is 6.08 Å². The summed E-state index contributed by atoms with van der Waals surface area (Å²) < 4.78 is 11.0. The molecule has 0 fully saturated rings. The van der Waals surface area contributed by atoms with Gasteiger partial charge in [-0.25, -0.2) is 0 Å². The number of nitrogens with one attached hydrogen (secondary N) is 1. The second-order valence-electron chi connectivity index (χ2n) is 5.38. The summed E-state index contributed by atoms with van der Waals surface area (Å²) in [4.78, 5) is 12.0. The summed E-state index contributed by atoms with van der Waals surface area (Å²) in [6, 6.07) is 15.5. The molecule has 1 atom stereocenters. The molecule has 3 rings (SSSR count). The van der Waals surface area contributed by atoms with Crippen LogP contribution in [0.1, 0.15) is 24.1 Å². The van der Waals surface area contributed by atoms with Crippen LogP contribution in [0.3, 0.4) is 0 Å². The summed E-state index contributed by atoms with van der Waals surface area (Å²) in [7, 11) is 0. The van der Waals surface area contributed by atoms with E-state index in [1.807, 2.05) is 55.5 Å². The van der Waals surface area contributed by atoms with Gasteiger partial charge in [-0.05, 0) is 36.3 Å². The number of ether oxygens (including phenoxy) is 2. The van der Waals surface area contributed by atoms with Gasteiger partial charge in [0.1, 0.15) is 13.2 Å². The Labute approximate surface area is 135 Å². The van der Waals surface area contributed by atoms with E-state index in [2.05, 4.69) is 5.32 Å². The molecule has 2 aromatic carbocycles. The number of amides is 1. The standard InChI is InChI=1S/C19H19NO3/c1-14(16-5-3-2-4-6-16)20-19(21)10-8-15-7-9-17-18(13-15)23-12-11-22-17/h2-10,13-14H,11-12H2,1H3,(H,20,21)/b10-8+. The van der Waals surface area contributed by atoms with Crippen LogP contribution < -0.4 is 14.8 Å². The van der Waals surface area contributed by atoms with Gasteiger partial charge in [0.15, 0.2) is 11.5 Å². The van der Waals surface area contributed by atoms with E-state index in [0.29, 0.717) is 13.2 Å². The van der Waals surface area contributed by atoms with Crippen LogP contribution in [0.15, 0.2) is 54.6 Å². The van der Waals surface area contributed by atoms with Crippen LogP contribution >= 0.6 is 0 Å². The molecule has 0 spiro atoms. The number of rotatable bonds is 4. The zero-order valence-corrected chi connectivity index (χ0v) is 13.0. The number of carbonyl (C=O) groups excluding carboxylic acids is 1. The first-order valence-corrected chi connectivity index (χ1v) is 7.65. The summed E-state index contributed by atoms with van der Waals surface area (Å²) in [5, 5.41) is 2.95. The summed E-state index contributed by atoms with van der Waals surface area (Å²) in [5.74, 6) is 1.34. The summed E-state index contributed by atoms with van der Waals surface area (Å²) in [6.45, 7) is 3.09. The fourth-order valence-electron chi connectivity index (χ4n) is 2.42. The Bertz CT molecular complexity index is 710. The summed E-state index contributed by atoms with van der Waals surface area (Å²) in [5.41, 5.74) is 1.98. The minimum Gasteiger partial charge on any atom is -0.486 e. The monoisotopic (exact) mass is 309 g/mol. The van der Waals surface area contributed by atoms with E-state index in [-0.39, 0.29) is 11.9 Å². The molecule has 2 aromatic rings. The maximum absolute atomic E-state index is 12.0. The fourth-order valence-corrected chi connectivity index (χ4v) is 2.42. The molecule has 1 heterocycles. The third-order valence-electron chi connectivity index (χ3n) is 3.65. The van der Waals surface area contributed by atoms with Gasteiger partial charge in [-0.3, -0.25) is 4.79 Å². The van der Waals surface area contributed by atoms with Gasteiger partial charge >= 0.3 is 0 Å². The zero-order valence-electron chi connectivity index (χ0n) is 13.0. The maximum atomic E-state index is 12.0. The van der Waals surface area contributed by atoms with Crippen molar-refractivity contribution in [2.45, 2.75) is 13.0 Å². The Morgan fingerprint density at radius 1 is 1.09 bits per heavy atom. The lowest BCUT2D eigenvalue weighted by molar-refractivity contribution is -0.117. The molecule has 1 amide bonds. The van der Waals surface area contributed by atoms with Crippen molar-refractivity contribution < 1.29 is 14.3 Å². The molecule has 4 nitrogen and oxygen atoms in total.